The number of fused-ring (bicyclic) bond motifs is 2. The van der Waals surface area contributed by atoms with E-state index in [2.05, 4.69) is 30.9 Å². The lowest BCUT2D eigenvalue weighted by atomic mass is 10.0. The number of aromatic nitrogens is 3. The maximum Gasteiger partial charge on any atom is 0.260 e. The van der Waals surface area contributed by atoms with Crippen LogP contribution in [0.4, 0.5) is 4.39 Å². The quantitative estimate of drug-likeness (QED) is 0.142. The van der Waals surface area contributed by atoms with Crippen LogP contribution in [0.25, 0.3) is 64.9 Å². The zero-order valence-electron chi connectivity index (χ0n) is 25.0. The number of thiophene rings is 2. The lowest BCUT2D eigenvalue weighted by Gasteiger charge is -2.07. The second-order valence-electron chi connectivity index (χ2n) is 10.8. The van der Waals surface area contributed by atoms with Crippen LogP contribution in [-0.4, -0.2) is 25.2 Å². The summed E-state index contributed by atoms with van der Waals surface area (Å²) in [5.74, 6) is -0.504. The molecule has 0 saturated carbocycles. The largest absolute Gasteiger partial charge is 0.506 e. The average Bonchev–Trinajstić information content (AvgIpc) is 3.67. The number of aromatic hydroxyl groups is 2. The van der Waals surface area contributed by atoms with E-state index in [4.69, 9.17) is 11.6 Å². The summed E-state index contributed by atoms with van der Waals surface area (Å²) in [6.45, 7) is 0. The number of hydrogen-bond donors (Lipinski definition) is 4. The zero-order chi connectivity index (χ0) is 34.2. The van der Waals surface area contributed by atoms with Gasteiger partial charge in [0.05, 0.1) is 21.9 Å². The molecule has 5 aromatic heterocycles. The molecule has 5 heterocycles. The van der Waals surface area contributed by atoms with Gasteiger partial charge in [-0.25, -0.2) is 4.39 Å². The molecule has 0 aliphatic heterocycles. The fourth-order valence-electron chi connectivity index (χ4n) is 5.57. The fraction of sp³-hybridized carbons (Fsp3) is 0. The normalized spacial score (nSPS) is 11.1. The van der Waals surface area contributed by atoms with Crippen molar-refractivity contribution in [3.8, 4) is 56.0 Å². The first-order valence-electron chi connectivity index (χ1n) is 14.6. The number of aromatic amines is 2. The van der Waals surface area contributed by atoms with Crippen LogP contribution in [-0.2, 0) is 0 Å². The molecule has 0 atom stereocenters. The summed E-state index contributed by atoms with van der Waals surface area (Å²) in [7, 11) is 0. The van der Waals surface area contributed by atoms with Crippen LogP contribution in [0, 0.1) is 5.82 Å². The van der Waals surface area contributed by atoms with Crippen molar-refractivity contribution >= 4 is 70.6 Å². The number of pyridine rings is 3. The highest BCUT2D eigenvalue weighted by atomic mass is 79.9. The molecule has 0 spiro atoms. The third-order valence-electron chi connectivity index (χ3n) is 7.81. The number of nitrogens with one attached hydrogen (secondary N) is 2. The molecular weight excluding hydrogens is 749 g/mol. The maximum atomic E-state index is 13.2. The van der Waals surface area contributed by atoms with Crippen molar-refractivity contribution in [2.75, 3.05) is 0 Å². The van der Waals surface area contributed by atoms with Crippen molar-refractivity contribution in [3.63, 3.8) is 0 Å². The minimum Gasteiger partial charge on any atom is -0.506 e. The smallest absolute Gasteiger partial charge is 0.260 e. The van der Waals surface area contributed by atoms with Gasteiger partial charge in [0, 0.05) is 38.9 Å². The predicted octanol–water partition coefficient (Wildman–Crippen LogP) is 10.2. The topological polar surface area (TPSA) is 119 Å². The number of benzene rings is 3. The van der Waals surface area contributed by atoms with Crippen LogP contribution in [0.2, 0.25) is 4.34 Å². The first-order valence-corrected chi connectivity index (χ1v) is 17.5. The molecule has 12 heteroatoms. The molecule has 0 aliphatic rings. The van der Waals surface area contributed by atoms with Crippen molar-refractivity contribution in [1.29, 1.82) is 0 Å². The number of rotatable bonds is 4. The highest BCUT2D eigenvalue weighted by Crippen LogP contribution is 2.47. The monoisotopic (exact) mass is 769 g/mol. The highest BCUT2D eigenvalue weighted by molar-refractivity contribution is 9.10. The Bertz CT molecular complexity index is 2590. The van der Waals surface area contributed by atoms with E-state index in [0.29, 0.717) is 47.0 Å². The summed E-state index contributed by atoms with van der Waals surface area (Å²) in [5, 5.41) is 24.7. The van der Waals surface area contributed by atoms with E-state index in [9.17, 15) is 24.2 Å². The molecule has 4 N–H and O–H groups in total. The van der Waals surface area contributed by atoms with Crippen molar-refractivity contribution in [1.82, 2.24) is 15.0 Å². The van der Waals surface area contributed by atoms with Crippen LogP contribution in [0.15, 0.2) is 123 Å². The Hall–Kier alpha value is -5.07. The predicted molar refractivity (Wildman–Crippen MR) is 200 cm³/mol. The van der Waals surface area contributed by atoms with Crippen LogP contribution in [0.5, 0.6) is 11.5 Å². The third kappa shape index (κ3) is 6.17. The minimum absolute atomic E-state index is 0.0130. The maximum absolute atomic E-state index is 13.2. The molecule has 7 nitrogen and oxygen atoms in total. The highest BCUT2D eigenvalue weighted by Gasteiger charge is 2.22. The molecule has 0 fully saturated rings. The van der Waals surface area contributed by atoms with Crippen LogP contribution < -0.4 is 11.1 Å². The lowest BCUT2D eigenvalue weighted by Crippen LogP contribution is -2.08. The molecule has 0 amide bonds. The third-order valence-corrected chi connectivity index (χ3v) is 10.6. The molecular formula is C37H22BrClFN3O4S2. The Balaban J connectivity index is 0.000000154. The Morgan fingerprint density at radius 3 is 1.96 bits per heavy atom. The molecule has 49 heavy (non-hydrogen) atoms. The van der Waals surface area contributed by atoms with E-state index >= 15 is 0 Å². The second-order valence-corrected chi connectivity index (χ2v) is 14.2. The summed E-state index contributed by atoms with van der Waals surface area (Å²) >= 11 is 12.3. The Morgan fingerprint density at radius 2 is 1.29 bits per heavy atom. The molecule has 0 bridgehead atoms. The van der Waals surface area contributed by atoms with Gasteiger partial charge in [-0.05, 0) is 47.0 Å². The minimum atomic E-state index is -0.389. The van der Waals surface area contributed by atoms with Gasteiger partial charge < -0.3 is 20.2 Å². The summed E-state index contributed by atoms with van der Waals surface area (Å²) in [4.78, 5) is 35.7. The summed E-state index contributed by atoms with van der Waals surface area (Å²) in [6.07, 6.45) is 3.20. The van der Waals surface area contributed by atoms with E-state index in [1.807, 2.05) is 35.7 Å². The van der Waals surface area contributed by atoms with Gasteiger partial charge in [0.1, 0.15) is 31.3 Å². The van der Waals surface area contributed by atoms with Gasteiger partial charge in [-0.15, -0.1) is 22.7 Å². The van der Waals surface area contributed by atoms with Crippen LogP contribution >= 0.6 is 50.2 Å². The molecule has 0 radical (unpaired) electrons. The van der Waals surface area contributed by atoms with Gasteiger partial charge in [0.2, 0.25) is 0 Å². The molecule has 0 unspecified atom stereocenters. The number of H-pyrrole nitrogens is 2. The molecule has 8 rings (SSSR count). The van der Waals surface area contributed by atoms with Crippen LogP contribution in [0.1, 0.15) is 0 Å². The summed E-state index contributed by atoms with van der Waals surface area (Å²) in [6, 6.07) is 26.1. The van der Waals surface area contributed by atoms with Gasteiger partial charge in [-0.2, -0.15) is 0 Å². The number of hydrogen-bond acceptors (Lipinski definition) is 7. The van der Waals surface area contributed by atoms with E-state index in [-0.39, 0.29) is 39.6 Å². The van der Waals surface area contributed by atoms with Gasteiger partial charge in [0.15, 0.2) is 0 Å². The number of halogens is 3. The molecule has 3 aromatic carbocycles. The van der Waals surface area contributed by atoms with E-state index in [0.717, 1.165) is 15.6 Å². The van der Waals surface area contributed by atoms with Gasteiger partial charge in [-0.3, -0.25) is 14.6 Å². The zero-order valence-corrected chi connectivity index (χ0v) is 29.0. The second kappa shape index (κ2) is 13.4. The molecule has 0 aliphatic carbocycles. The van der Waals surface area contributed by atoms with E-state index in [1.165, 1.54) is 34.8 Å². The van der Waals surface area contributed by atoms with Crippen molar-refractivity contribution in [2.24, 2.45) is 0 Å². The van der Waals surface area contributed by atoms with Crippen molar-refractivity contribution in [2.45, 2.75) is 0 Å². The summed E-state index contributed by atoms with van der Waals surface area (Å²) < 4.78 is 14.6. The summed E-state index contributed by atoms with van der Waals surface area (Å²) in [5.41, 5.74) is 4.02. The average molecular weight is 771 g/mol. The SMILES string of the molecule is O=c1[nH]c2sc(Cl)c(-c3ccc(F)cc3)c2c(O)c1-c1ccccc1.O=c1[nH]c2scc(-c3ccc(Br)cc3)c2c(O)c1-c1cccnc1. The standard InChI is InChI=1S/C19H11ClFNO2S.C18H11BrN2O2S/c20-17-13(11-6-8-12(21)9-7-11)15-16(23)14(10-4-2-1-3-5-10)18(24)22-19(15)25-17;19-12-5-3-10(4-6-12)13-9-24-18-15(13)16(22)14(17(23)21-18)11-2-1-7-20-8-11/h1-9H,(H2,22,23,24);1-9H,(H2,21,22,23). The first-order chi connectivity index (χ1) is 23.7. The Labute approximate surface area is 298 Å². The van der Waals surface area contributed by atoms with Gasteiger partial charge in [0.25, 0.3) is 11.1 Å². The van der Waals surface area contributed by atoms with E-state index in [1.54, 1.807) is 60.9 Å². The molecule has 242 valence electrons. The van der Waals surface area contributed by atoms with E-state index < -0.39 is 0 Å². The lowest BCUT2D eigenvalue weighted by molar-refractivity contribution is 0.482. The van der Waals surface area contributed by atoms with Crippen molar-refractivity contribution in [3.05, 3.63) is 144 Å². The van der Waals surface area contributed by atoms with Crippen LogP contribution in [0.3, 0.4) is 0 Å². The number of nitrogens with zero attached hydrogens (tertiary/aromatic N) is 1. The van der Waals surface area contributed by atoms with Gasteiger partial charge in [-0.1, -0.05) is 88.2 Å². The Kier molecular flexibility index (Phi) is 8.91. The van der Waals surface area contributed by atoms with Crippen molar-refractivity contribution < 1.29 is 14.6 Å². The first kappa shape index (κ1) is 32.5. The fourth-order valence-corrected chi connectivity index (χ4v) is 8.18. The Morgan fingerprint density at radius 1 is 0.694 bits per heavy atom. The molecule has 8 aromatic rings. The molecule has 0 saturated heterocycles. The van der Waals surface area contributed by atoms with Gasteiger partial charge >= 0.3 is 0 Å².